The topological polar surface area (TPSA) is 42.0 Å². The van der Waals surface area contributed by atoms with Crippen molar-refractivity contribution < 1.29 is 4.79 Å². The Balaban J connectivity index is 1.78. The molecule has 2 aromatic carbocycles. The van der Waals surface area contributed by atoms with Gasteiger partial charge in [-0.3, -0.25) is 9.78 Å². The van der Waals surface area contributed by atoms with Crippen LogP contribution in [-0.2, 0) is 0 Å². The van der Waals surface area contributed by atoms with E-state index < -0.39 is 0 Å². The molecule has 1 N–H and O–H groups in total. The summed E-state index contributed by atoms with van der Waals surface area (Å²) in [7, 11) is 0. The van der Waals surface area contributed by atoms with Gasteiger partial charge in [-0.15, -0.1) is 0 Å². The van der Waals surface area contributed by atoms with E-state index >= 15 is 0 Å². The molecule has 3 rings (SSSR count). The number of carbonyl (C=O) groups is 1. The summed E-state index contributed by atoms with van der Waals surface area (Å²) in [6, 6.07) is 19.3. The third-order valence-corrected chi connectivity index (χ3v) is 3.92. The molecule has 23 heavy (non-hydrogen) atoms. The van der Waals surface area contributed by atoms with Crippen LogP contribution in [0.2, 0.25) is 0 Å². The van der Waals surface area contributed by atoms with E-state index in [0.29, 0.717) is 5.56 Å². The first kappa shape index (κ1) is 15.4. The highest BCUT2D eigenvalue weighted by Crippen LogP contribution is 2.19. The van der Waals surface area contributed by atoms with Gasteiger partial charge >= 0.3 is 0 Å². The molecule has 0 aliphatic carbocycles. The molecule has 3 nitrogen and oxygen atoms in total. The molecule has 4 heteroatoms. The fraction of sp³-hybridized carbons (Fsp3) is 0.0526. The summed E-state index contributed by atoms with van der Waals surface area (Å²) in [5.74, 6) is -0.175. The lowest BCUT2D eigenvalue weighted by Gasteiger charge is -2.07. The smallest absolute Gasteiger partial charge is 0.257 e. The van der Waals surface area contributed by atoms with Crippen molar-refractivity contribution in [2.45, 2.75) is 6.92 Å². The molecule has 0 saturated heterocycles. The maximum atomic E-state index is 12.3. The van der Waals surface area contributed by atoms with Gasteiger partial charge in [0.05, 0.1) is 11.3 Å². The Morgan fingerprint density at radius 2 is 1.87 bits per heavy atom. The summed E-state index contributed by atoms with van der Waals surface area (Å²) < 4.78 is 0.920. The van der Waals surface area contributed by atoms with Crippen LogP contribution in [0.1, 0.15) is 15.9 Å². The number of nitrogens with one attached hydrogen (secondary N) is 1. The van der Waals surface area contributed by atoms with Crippen molar-refractivity contribution in [1.82, 2.24) is 4.98 Å². The molecular weight excluding hydrogens is 352 g/mol. The summed E-state index contributed by atoms with van der Waals surface area (Å²) in [6.45, 7) is 2.04. The Bertz CT molecular complexity index is 844. The highest BCUT2D eigenvalue weighted by atomic mass is 79.9. The first-order chi connectivity index (χ1) is 11.1. The quantitative estimate of drug-likeness (QED) is 0.702. The van der Waals surface area contributed by atoms with Crippen LogP contribution in [0.15, 0.2) is 71.3 Å². The fourth-order valence-corrected chi connectivity index (χ4v) is 2.67. The summed E-state index contributed by atoms with van der Waals surface area (Å²) in [4.78, 5) is 16.7. The van der Waals surface area contributed by atoms with Crippen molar-refractivity contribution in [1.29, 1.82) is 0 Å². The van der Waals surface area contributed by atoms with Crippen molar-refractivity contribution in [2.24, 2.45) is 0 Å². The average Bonchev–Trinajstić information content (AvgIpc) is 2.55. The van der Waals surface area contributed by atoms with Crippen molar-refractivity contribution in [3.8, 4) is 11.3 Å². The van der Waals surface area contributed by atoms with E-state index in [9.17, 15) is 4.79 Å². The number of amides is 1. The van der Waals surface area contributed by atoms with Gasteiger partial charge in [0.15, 0.2) is 0 Å². The normalized spacial score (nSPS) is 10.3. The lowest BCUT2D eigenvalue weighted by atomic mass is 10.1. The molecule has 3 aromatic rings. The molecule has 1 aromatic heterocycles. The molecule has 0 unspecified atom stereocenters. The zero-order chi connectivity index (χ0) is 16.2. The van der Waals surface area contributed by atoms with Gasteiger partial charge < -0.3 is 5.32 Å². The number of aromatic nitrogens is 1. The van der Waals surface area contributed by atoms with Crippen LogP contribution in [0.25, 0.3) is 11.3 Å². The lowest BCUT2D eigenvalue weighted by molar-refractivity contribution is 0.102. The number of aryl methyl sites for hydroxylation is 1. The SMILES string of the molecule is Cc1cccc(-c2ccc(C(=O)Nc3cccc(Br)c3)cn2)c1. The van der Waals surface area contributed by atoms with Gasteiger partial charge in [-0.2, -0.15) is 0 Å². The van der Waals surface area contributed by atoms with E-state index in [0.717, 1.165) is 21.4 Å². The number of hydrogen-bond donors (Lipinski definition) is 1. The van der Waals surface area contributed by atoms with Crippen LogP contribution >= 0.6 is 15.9 Å². The first-order valence-electron chi connectivity index (χ1n) is 7.22. The maximum absolute atomic E-state index is 12.3. The molecule has 1 amide bonds. The third kappa shape index (κ3) is 3.85. The molecule has 0 fully saturated rings. The van der Waals surface area contributed by atoms with E-state index in [2.05, 4.69) is 32.3 Å². The zero-order valence-electron chi connectivity index (χ0n) is 12.6. The molecular formula is C19H15BrN2O. The molecule has 0 saturated carbocycles. The van der Waals surface area contributed by atoms with Gasteiger partial charge in [0.2, 0.25) is 0 Å². The summed E-state index contributed by atoms with van der Waals surface area (Å²) in [6.07, 6.45) is 1.60. The van der Waals surface area contributed by atoms with E-state index in [1.54, 1.807) is 12.3 Å². The van der Waals surface area contributed by atoms with E-state index in [4.69, 9.17) is 0 Å². The number of halogens is 1. The largest absolute Gasteiger partial charge is 0.322 e. The van der Waals surface area contributed by atoms with Crippen molar-refractivity contribution in [3.05, 3.63) is 82.5 Å². The molecule has 0 bridgehead atoms. The number of carbonyl (C=O) groups excluding carboxylic acids is 1. The second kappa shape index (κ2) is 6.75. The predicted octanol–water partition coefficient (Wildman–Crippen LogP) is 5.07. The summed E-state index contributed by atoms with van der Waals surface area (Å²) in [5, 5.41) is 2.86. The number of hydrogen-bond acceptors (Lipinski definition) is 2. The Morgan fingerprint density at radius 1 is 1.04 bits per heavy atom. The molecule has 0 aliphatic rings. The number of pyridine rings is 1. The molecule has 0 spiro atoms. The van der Waals surface area contributed by atoms with Gasteiger partial charge in [-0.05, 0) is 43.3 Å². The monoisotopic (exact) mass is 366 g/mol. The Labute approximate surface area is 143 Å². The van der Waals surface area contributed by atoms with Gasteiger partial charge in [-0.1, -0.05) is 45.8 Å². The van der Waals surface area contributed by atoms with Crippen LogP contribution in [0.5, 0.6) is 0 Å². The van der Waals surface area contributed by atoms with Crippen LogP contribution in [0, 0.1) is 6.92 Å². The van der Waals surface area contributed by atoms with Gasteiger partial charge in [0.25, 0.3) is 5.91 Å². The van der Waals surface area contributed by atoms with Crippen molar-refractivity contribution >= 4 is 27.5 Å². The van der Waals surface area contributed by atoms with E-state index in [-0.39, 0.29) is 5.91 Å². The number of benzene rings is 2. The van der Waals surface area contributed by atoms with Crippen LogP contribution in [-0.4, -0.2) is 10.9 Å². The minimum atomic E-state index is -0.175. The van der Waals surface area contributed by atoms with Crippen molar-refractivity contribution in [3.63, 3.8) is 0 Å². The van der Waals surface area contributed by atoms with E-state index in [1.165, 1.54) is 5.56 Å². The minimum Gasteiger partial charge on any atom is -0.322 e. The molecule has 0 aliphatic heterocycles. The predicted molar refractivity (Wildman–Crippen MR) is 96.5 cm³/mol. The van der Waals surface area contributed by atoms with Gasteiger partial charge in [0, 0.05) is 21.9 Å². The van der Waals surface area contributed by atoms with Crippen LogP contribution in [0.3, 0.4) is 0 Å². The lowest BCUT2D eigenvalue weighted by Crippen LogP contribution is -2.12. The molecule has 1 heterocycles. The summed E-state index contributed by atoms with van der Waals surface area (Å²) in [5.41, 5.74) is 4.35. The molecule has 0 radical (unpaired) electrons. The van der Waals surface area contributed by atoms with Crippen molar-refractivity contribution in [2.75, 3.05) is 5.32 Å². The average molecular weight is 367 g/mol. The highest BCUT2D eigenvalue weighted by molar-refractivity contribution is 9.10. The second-order valence-electron chi connectivity index (χ2n) is 5.27. The van der Waals surface area contributed by atoms with Crippen LogP contribution < -0.4 is 5.32 Å². The minimum absolute atomic E-state index is 0.175. The number of anilines is 1. The van der Waals surface area contributed by atoms with Crippen LogP contribution in [0.4, 0.5) is 5.69 Å². The third-order valence-electron chi connectivity index (χ3n) is 3.42. The first-order valence-corrected chi connectivity index (χ1v) is 8.01. The van der Waals surface area contributed by atoms with E-state index in [1.807, 2.05) is 55.5 Å². The zero-order valence-corrected chi connectivity index (χ0v) is 14.2. The second-order valence-corrected chi connectivity index (χ2v) is 6.18. The Kier molecular flexibility index (Phi) is 4.53. The molecule has 114 valence electrons. The number of nitrogens with zero attached hydrogens (tertiary/aromatic N) is 1. The number of rotatable bonds is 3. The molecule has 0 atom stereocenters. The van der Waals surface area contributed by atoms with Gasteiger partial charge in [-0.25, -0.2) is 0 Å². The highest BCUT2D eigenvalue weighted by Gasteiger charge is 2.08. The summed E-state index contributed by atoms with van der Waals surface area (Å²) >= 11 is 3.39. The Morgan fingerprint density at radius 3 is 2.57 bits per heavy atom. The maximum Gasteiger partial charge on any atom is 0.257 e. The standard InChI is InChI=1S/C19H15BrN2O/c1-13-4-2-5-14(10-13)18-9-8-15(12-21-18)19(23)22-17-7-3-6-16(20)11-17/h2-12H,1H3,(H,22,23). The Hall–Kier alpha value is -2.46. The van der Waals surface area contributed by atoms with Gasteiger partial charge in [0.1, 0.15) is 0 Å². The fourth-order valence-electron chi connectivity index (χ4n) is 2.27.